The fraction of sp³-hybridized carbons (Fsp3) is 0.750. The van der Waals surface area contributed by atoms with E-state index in [2.05, 4.69) is 25.9 Å². The zero-order chi connectivity index (χ0) is 15.8. The van der Waals surface area contributed by atoms with Crippen molar-refractivity contribution in [1.29, 1.82) is 0 Å². The molecule has 0 bridgehead atoms. The van der Waals surface area contributed by atoms with E-state index < -0.39 is 0 Å². The van der Waals surface area contributed by atoms with Crippen LogP contribution in [0.2, 0.25) is 0 Å². The van der Waals surface area contributed by atoms with E-state index in [0.29, 0.717) is 22.7 Å². The number of likely N-dealkylation sites (tertiary alicyclic amines) is 1. The number of hydrogen-bond acceptors (Lipinski definition) is 3. The minimum atomic E-state index is 0.0187. The Morgan fingerprint density at radius 1 is 1.29 bits per heavy atom. The van der Waals surface area contributed by atoms with Crippen molar-refractivity contribution in [3.05, 3.63) is 11.4 Å². The number of nitrogen functional groups attached to an aromatic ring is 1. The highest BCUT2D eigenvalue weighted by Gasteiger charge is 2.30. The van der Waals surface area contributed by atoms with Crippen molar-refractivity contribution in [3.63, 3.8) is 0 Å². The van der Waals surface area contributed by atoms with Crippen LogP contribution in [0.4, 0.5) is 5.69 Å². The predicted octanol–water partition coefficient (Wildman–Crippen LogP) is 2.60. The van der Waals surface area contributed by atoms with Crippen LogP contribution in [0.3, 0.4) is 0 Å². The number of carbonyl (C=O) groups excluding carboxylic acids is 1. The molecule has 118 valence electrons. The molecule has 1 aromatic rings. The molecule has 1 unspecified atom stereocenters. The van der Waals surface area contributed by atoms with Crippen LogP contribution in [-0.4, -0.2) is 33.7 Å². The normalized spacial score (nSPS) is 20.4. The number of carbonyl (C=O) groups is 1. The summed E-state index contributed by atoms with van der Waals surface area (Å²) in [4.78, 5) is 14.7. The van der Waals surface area contributed by atoms with E-state index in [-0.39, 0.29) is 5.91 Å². The van der Waals surface area contributed by atoms with Crippen LogP contribution >= 0.6 is 0 Å². The standard InChI is InChI=1S/C16H28N4O/c1-11-13(17)14(19(5)18-11)15(21)20-9-6-7-12(8-10-20)16(2,3)4/h12H,6-10,17H2,1-5H3. The molecule has 0 spiro atoms. The van der Waals surface area contributed by atoms with E-state index in [0.717, 1.165) is 31.6 Å². The second kappa shape index (κ2) is 5.70. The van der Waals surface area contributed by atoms with Gasteiger partial charge in [0, 0.05) is 20.1 Å². The molecule has 0 saturated carbocycles. The van der Waals surface area contributed by atoms with Gasteiger partial charge in [-0.2, -0.15) is 5.10 Å². The van der Waals surface area contributed by atoms with Crippen LogP contribution in [0.25, 0.3) is 0 Å². The molecule has 1 aromatic heterocycles. The number of nitrogens with zero attached hydrogens (tertiary/aromatic N) is 3. The van der Waals surface area contributed by atoms with Gasteiger partial charge in [-0.25, -0.2) is 0 Å². The quantitative estimate of drug-likeness (QED) is 0.865. The van der Waals surface area contributed by atoms with Gasteiger partial charge >= 0.3 is 0 Å². The van der Waals surface area contributed by atoms with Crippen molar-refractivity contribution >= 4 is 11.6 Å². The Labute approximate surface area is 127 Å². The summed E-state index contributed by atoms with van der Waals surface area (Å²) in [5.41, 5.74) is 8.09. The molecule has 0 aliphatic carbocycles. The highest BCUT2D eigenvalue weighted by atomic mass is 16.2. The number of anilines is 1. The number of hydrogen-bond donors (Lipinski definition) is 1. The molecule has 2 rings (SSSR count). The summed E-state index contributed by atoms with van der Waals surface area (Å²) in [6.45, 7) is 10.3. The highest BCUT2D eigenvalue weighted by molar-refractivity contribution is 5.98. The van der Waals surface area contributed by atoms with Gasteiger partial charge in [0.1, 0.15) is 5.69 Å². The van der Waals surface area contributed by atoms with Crippen molar-refractivity contribution in [2.24, 2.45) is 18.4 Å². The topological polar surface area (TPSA) is 64.2 Å². The molecule has 2 N–H and O–H groups in total. The number of aryl methyl sites for hydroxylation is 2. The molecule has 1 aliphatic rings. The second-order valence-electron chi connectivity index (χ2n) is 7.26. The SMILES string of the molecule is Cc1nn(C)c(C(=O)N2CCCC(C(C)(C)C)CC2)c1N. The molecule has 1 aliphatic heterocycles. The van der Waals surface area contributed by atoms with Gasteiger partial charge in [0.25, 0.3) is 5.91 Å². The summed E-state index contributed by atoms with van der Waals surface area (Å²) in [6.07, 6.45) is 3.31. The van der Waals surface area contributed by atoms with Crippen LogP contribution < -0.4 is 5.73 Å². The first kappa shape index (κ1) is 15.9. The van der Waals surface area contributed by atoms with Crippen LogP contribution in [0.15, 0.2) is 0 Å². The minimum absolute atomic E-state index is 0.0187. The lowest BCUT2D eigenvalue weighted by molar-refractivity contribution is 0.0745. The molecule has 21 heavy (non-hydrogen) atoms. The van der Waals surface area contributed by atoms with Gasteiger partial charge in [0.2, 0.25) is 0 Å². The molecule has 2 heterocycles. The monoisotopic (exact) mass is 292 g/mol. The van der Waals surface area contributed by atoms with E-state index in [9.17, 15) is 4.79 Å². The maximum atomic E-state index is 12.7. The first-order valence-corrected chi connectivity index (χ1v) is 7.80. The van der Waals surface area contributed by atoms with Crippen molar-refractivity contribution in [2.75, 3.05) is 18.8 Å². The van der Waals surface area contributed by atoms with E-state index >= 15 is 0 Å². The Balaban J connectivity index is 2.14. The average Bonchev–Trinajstić information content (AvgIpc) is 2.59. The molecule has 0 radical (unpaired) electrons. The molecule has 5 nitrogen and oxygen atoms in total. The highest BCUT2D eigenvalue weighted by Crippen LogP contribution is 2.34. The first-order valence-electron chi connectivity index (χ1n) is 7.80. The fourth-order valence-electron chi connectivity index (χ4n) is 3.24. The molecule has 1 saturated heterocycles. The molecule has 1 amide bonds. The molecular formula is C16H28N4O. The van der Waals surface area contributed by atoms with Gasteiger partial charge < -0.3 is 10.6 Å². The van der Waals surface area contributed by atoms with Crippen LogP contribution in [0.5, 0.6) is 0 Å². The first-order chi connectivity index (χ1) is 9.71. The lowest BCUT2D eigenvalue weighted by Crippen LogP contribution is -2.34. The summed E-state index contributed by atoms with van der Waals surface area (Å²) in [7, 11) is 1.78. The van der Waals surface area contributed by atoms with Crippen molar-refractivity contribution < 1.29 is 4.79 Å². The Bertz CT molecular complexity index is 527. The van der Waals surface area contributed by atoms with Crippen molar-refractivity contribution in [1.82, 2.24) is 14.7 Å². The van der Waals surface area contributed by atoms with Crippen molar-refractivity contribution in [2.45, 2.75) is 47.0 Å². The third-order valence-electron chi connectivity index (χ3n) is 4.71. The second-order valence-corrected chi connectivity index (χ2v) is 7.26. The molecule has 1 fully saturated rings. The largest absolute Gasteiger partial charge is 0.395 e. The smallest absolute Gasteiger partial charge is 0.274 e. The van der Waals surface area contributed by atoms with Gasteiger partial charge in [-0.05, 0) is 37.5 Å². The van der Waals surface area contributed by atoms with Crippen LogP contribution in [0.1, 0.15) is 56.2 Å². The predicted molar refractivity (Wildman–Crippen MR) is 85.1 cm³/mol. The fourth-order valence-corrected chi connectivity index (χ4v) is 3.24. The zero-order valence-corrected chi connectivity index (χ0v) is 13.9. The number of aromatic nitrogens is 2. The van der Waals surface area contributed by atoms with Gasteiger partial charge in [-0.3, -0.25) is 9.48 Å². The molecule has 5 heteroatoms. The maximum absolute atomic E-state index is 12.7. The number of amides is 1. The molecular weight excluding hydrogens is 264 g/mol. The molecule has 1 atom stereocenters. The van der Waals surface area contributed by atoms with Crippen molar-refractivity contribution in [3.8, 4) is 0 Å². The van der Waals surface area contributed by atoms with Crippen LogP contribution in [0, 0.1) is 18.3 Å². The Morgan fingerprint density at radius 3 is 2.48 bits per heavy atom. The van der Waals surface area contributed by atoms with E-state index in [1.54, 1.807) is 11.7 Å². The van der Waals surface area contributed by atoms with Crippen LogP contribution in [-0.2, 0) is 7.05 Å². The Kier molecular flexibility index (Phi) is 4.30. The molecule has 0 aromatic carbocycles. The van der Waals surface area contributed by atoms with Gasteiger partial charge in [0.05, 0.1) is 11.4 Å². The average molecular weight is 292 g/mol. The minimum Gasteiger partial charge on any atom is -0.395 e. The third-order valence-corrected chi connectivity index (χ3v) is 4.71. The Hall–Kier alpha value is -1.52. The summed E-state index contributed by atoms with van der Waals surface area (Å²) in [5, 5.41) is 4.25. The summed E-state index contributed by atoms with van der Waals surface area (Å²) in [5.74, 6) is 0.686. The van der Waals surface area contributed by atoms with E-state index in [1.165, 1.54) is 6.42 Å². The summed E-state index contributed by atoms with van der Waals surface area (Å²) in [6, 6.07) is 0. The maximum Gasteiger partial charge on any atom is 0.274 e. The van der Waals surface area contributed by atoms with Gasteiger partial charge in [0.15, 0.2) is 0 Å². The van der Waals surface area contributed by atoms with Gasteiger partial charge in [-0.1, -0.05) is 20.8 Å². The van der Waals surface area contributed by atoms with Gasteiger partial charge in [-0.15, -0.1) is 0 Å². The summed E-state index contributed by atoms with van der Waals surface area (Å²) < 4.78 is 1.61. The number of rotatable bonds is 1. The summed E-state index contributed by atoms with van der Waals surface area (Å²) >= 11 is 0. The third kappa shape index (κ3) is 3.22. The lowest BCUT2D eigenvalue weighted by atomic mass is 9.77. The Morgan fingerprint density at radius 2 is 1.95 bits per heavy atom. The number of nitrogens with two attached hydrogens (primary N) is 1. The lowest BCUT2D eigenvalue weighted by Gasteiger charge is -2.29. The van der Waals surface area contributed by atoms with E-state index in [4.69, 9.17) is 5.73 Å². The zero-order valence-electron chi connectivity index (χ0n) is 13.9. The van der Waals surface area contributed by atoms with E-state index in [1.807, 2.05) is 11.8 Å².